The van der Waals surface area contributed by atoms with Crippen molar-refractivity contribution in [3.63, 3.8) is 0 Å². The quantitative estimate of drug-likeness (QED) is 0.659. The van der Waals surface area contributed by atoms with Crippen LogP contribution in [0.4, 0.5) is 5.69 Å². The fraction of sp³-hybridized carbons (Fsp3) is 0.318. The summed E-state index contributed by atoms with van der Waals surface area (Å²) in [5.74, 6) is -0.276. The lowest BCUT2D eigenvalue weighted by atomic mass is 10.1. The van der Waals surface area contributed by atoms with E-state index in [-0.39, 0.29) is 18.2 Å². The molecule has 2 aromatic carbocycles. The summed E-state index contributed by atoms with van der Waals surface area (Å²) >= 11 is 0. The standard InChI is InChI=1S/C22H24N4O2/c27-20(15-17-9-3-1-4-10-17)23-24-21-18-11-5-6-12-19(18)26(22(21)28)16-25-13-7-2-8-14-25/h1,3-6,9-12,28H,2,7-8,13-16H2. The second-order valence-corrected chi connectivity index (χ2v) is 7.19. The number of amides is 1. The first kappa shape index (κ1) is 18.4. The number of fused-ring (bicyclic) bond motifs is 1. The fourth-order valence-corrected chi connectivity index (χ4v) is 3.73. The molecule has 0 aliphatic carbocycles. The van der Waals surface area contributed by atoms with E-state index in [4.69, 9.17) is 0 Å². The van der Waals surface area contributed by atoms with Gasteiger partial charge in [0.2, 0.25) is 5.88 Å². The molecule has 1 aromatic heterocycles. The number of carbonyl (C=O) groups is 1. The van der Waals surface area contributed by atoms with Gasteiger partial charge < -0.3 is 5.11 Å². The molecule has 1 saturated heterocycles. The lowest BCUT2D eigenvalue weighted by Crippen LogP contribution is -2.31. The Balaban J connectivity index is 1.59. The summed E-state index contributed by atoms with van der Waals surface area (Å²) in [5, 5.41) is 19.6. The van der Waals surface area contributed by atoms with Crippen molar-refractivity contribution in [1.82, 2.24) is 9.47 Å². The average molecular weight is 376 g/mol. The molecule has 1 amide bonds. The van der Waals surface area contributed by atoms with Crippen LogP contribution in [0.1, 0.15) is 24.8 Å². The van der Waals surface area contributed by atoms with Crippen molar-refractivity contribution < 1.29 is 9.90 Å². The molecule has 0 unspecified atom stereocenters. The van der Waals surface area contributed by atoms with Crippen LogP contribution < -0.4 is 0 Å². The van der Waals surface area contributed by atoms with E-state index in [0.717, 1.165) is 29.6 Å². The number of likely N-dealkylation sites (tertiary alicyclic amines) is 1. The SMILES string of the molecule is O=C(Cc1ccccc1)N=Nc1c(O)n(CN2CCCCC2)c2ccccc12. The van der Waals surface area contributed by atoms with Crippen LogP contribution in [0.2, 0.25) is 0 Å². The Morgan fingerprint density at radius 3 is 2.46 bits per heavy atom. The van der Waals surface area contributed by atoms with Gasteiger partial charge in [-0.05, 0) is 37.6 Å². The molecule has 28 heavy (non-hydrogen) atoms. The lowest BCUT2D eigenvalue weighted by molar-refractivity contribution is -0.117. The van der Waals surface area contributed by atoms with Gasteiger partial charge in [0.05, 0.1) is 18.6 Å². The molecule has 6 heteroatoms. The summed E-state index contributed by atoms with van der Waals surface area (Å²) < 4.78 is 1.86. The van der Waals surface area contributed by atoms with Crippen molar-refractivity contribution in [3.8, 4) is 5.88 Å². The monoisotopic (exact) mass is 376 g/mol. The zero-order chi connectivity index (χ0) is 19.3. The molecule has 1 aliphatic rings. The number of azo groups is 1. The number of hydrogen-bond donors (Lipinski definition) is 1. The number of para-hydroxylation sites is 1. The minimum atomic E-state index is -0.335. The Labute approximate surface area is 164 Å². The summed E-state index contributed by atoms with van der Waals surface area (Å²) in [7, 11) is 0. The summed E-state index contributed by atoms with van der Waals surface area (Å²) in [6, 6.07) is 17.2. The van der Waals surface area contributed by atoms with Crippen LogP contribution >= 0.6 is 0 Å². The van der Waals surface area contributed by atoms with E-state index < -0.39 is 0 Å². The van der Waals surface area contributed by atoms with Crippen LogP contribution in [0.25, 0.3) is 10.9 Å². The molecule has 1 fully saturated rings. The number of aromatic nitrogens is 1. The Bertz CT molecular complexity index is 988. The lowest BCUT2D eigenvalue weighted by Gasteiger charge is -2.27. The zero-order valence-corrected chi connectivity index (χ0v) is 15.8. The second-order valence-electron chi connectivity index (χ2n) is 7.19. The highest BCUT2D eigenvalue weighted by Crippen LogP contribution is 2.39. The van der Waals surface area contributed by atoms with Gasteiger partial charge in [0.25, 0.3) is 5.91 Å². The summed E-state index contributed by atoms with van der Waals surface area (Å²) in [5.41, 5.74) is 2.15. The number of carbonyl (C=O) groups excluding carboxylic acids is 1. The van der Waals surface area contributed by atoms with Gasteiger partial charge in [0.15, 0.2) is 5.69 Å². The molecular formula is C22H24N4O2. The highest BCUT2D eigenvalue weighted by Gasteiger charge is 2.19. The van der Waals surface area contributed by atoms with Crippen molar-refractivity contribution in [2.24, 2.45) is 10.2 Å². The third-order valence-electron chi connectivity index (χ3n) is 5.17. The maximum Gasteiger partial charge on any atom is 0.269 e. The number of nitrogens with zero attached hydrogens (tertiary/aromatic N) is 4. The number of rotatable bonds is 5. The maximum absolute atomic E-state index is 12.2. The minimum absolute atomic E-state index is 0.0584. The number of aromatic hydroxyl groups is 1. The van der Waals surface area contributed by atoms with Gasteiger partial charge in [-0.1, -0.05) is 55.0 Å². The van der Waals surface area contributed by atoms with Gasteiger partial charge in [-0.25, -0.2) is 0 Å². The summed E-state index contributed by atoms with van der Waals surface area (Å²) in [6.45, 7) is 2.66. The van der Waals surface area contributed by atoms with Crippen LogP contribution in [0, 0.1) is 0 Å². The molecular weight excluding hydrogens is 352 g/mol. The Kier molecular flexibility index (Phi) is 5.48. The van der Waals surface area contributed by atoms with Gasteiger partial charge >= 0.3 is 0 Å². The Hall–Kier alpha value is -2.99. The molecule has 0 atom stereocenters. The van der Waals surface area contributed by atoms with Crippen LogP contribution in [0.15, 0.2) is 64.8 Å². The van der Waals surface area contributed by atoms with Crippen LogP contribution in [-0.2, 0) is 17.9 Å². The first-order chi connectivity index (χ1) is 13.7. The predicted molar refractivity (Wildman–Crippen MR) is 109 cm³/mol. The topological polar surface area (TPSA) is 70.2 Å². The second kappa shape index (κ2) is 8.35. The highest BCUT2D eigenvalue weighted by molar-refractivity contribution is 5.95. The van der Waals surface area contributed by atoms with Crippen molar-refractivity contribution >= 4 is 22.5 Å². The molecule has 0 spiro atoms. The Morgan fingerprint density at radius 1 is 0.964 bits per heavy atom. The van der Waals surface area contributed by atoms with Crippen LogP contribution in [0.3, 0.4) is 0 Å². The molecule has 144 valence electrons. The average Bonchev–Trinajstić information content (AvgIpc) is 2.99. The van der Waals surface area contributed by atoms with Gasteiger partial charge in [0, 0.05) is 5.39 Å². The van der Waals surface area contributed by atoms with E-state index in [1.807, 2.05) is 59.2 Å². The number of hydrogen-bond acceptors (Lipinski definition) is 4. The zero-order valence-electron chi connectivity index (χ0n) is 15.8. The number of benzene rings is 2. The van der Waals surface area contributed by atoms with Gasteiger partial charge in [-0.2, -0.15) is 0 Å². The molecule has 2 heterocycles. The van der Waals surface area contributed by atoms with Crippen molar-refractivity contribution in [1.29, 1.82) is 0 Å². The van der Waals surface area contributed by atoms with Crippen LogP contribution in [0.5, 0.6) is 5.88 Å². The van der Waals surface area contributed by atoms with Crippen LogP contribution in [-0.4, -0.2) is 33.6 Å². The smallest absolute Gasteiger partial charge is 0.269 e. The number of piperidine rings is 1. The van der Waals surface area contributed by atoms with E-state index in [9.17, 15) is 9.90 Å². The first-order valence-corrected chi connectivity index (χ1v) is 9.73. The molecule has 3 aromatic rings. The van der Waals surface area contributed by atoms with E-state index in [1.54, 1.807) is 0 Å². The molecule has 0 radical (unpaired) electrons. The van der Waals surface area contributed by atoms with E-state index >= 15 is 0 Å². The van der Waals surface area contributed by atoms with Gasteiger partial charge in [-0.3, -0.25) is 14.3 Å². The summed E-state index contributed by atoms with van der Waals surface area (Å²) in [4.78, 5) is 14.5. The molecule has 4 rings (SSSR count). The van der Waals surface area contributed by atoms with E-state index in [1.165, 1.54) is 19.3 Å². The third-order valence-corrected chi connectivity index (χ3v) is 5.17. The normalized spacial score (nSPS) is 15.4. The Morgan fingerprint density at radius 2 is 1.68 bits per heavy atom. The van der Waals surface area contributed by atoms with Crippen molar-refractivity contribution in [2.45, 2.75) is 32.4 Å². The molecule has 0 bridgehead atoms. The molecule has 1 aliphatic heterocycles. The van der Waals surface area contributed by atoms with Crippen molar-refractivity contribution in [3.05, 3.63) is 60.2 Å². The predicted octanol–water partition coefficient (Wildman–Crippen LogP) is 4.64. The van der Waals surface area contributed by atoms with Crippen molar-refractivity contribution in [2.75, 3.05) is 13.1 Å². The maximum atomic E-state index is 12.2. The molecule has 1 N–H and O–H groups in total. The molecule has 6 nitrogen and oxygen atoms in total. The van der Waals surface area contributed by atoms with Gasteiger partial charge in [0.1, 0.15) is 0 Å². The molecule has 0 saturated carbocycles. The fourth-order valence-electron chi connectivity index (χ4n) is 3.73. The first-order valence-electron chi connectivity index (χ1n) is 9.73. The van der Waals surface area contributed by atoms with E-state index in [0.29, 0.717) is 12.4 Å². The van der Waals surface area contributed by atoms with Gasteiger partial charge in [-0.15, -0.1) is 10.2 Å². The third kappa shape index (κ3) is 3.97. The van der Waals surface area contributed by atoms with E-state index in [2.05, 4.69) is 15.1 Å². The summed E-state index contributed by atoms with van der Waals surface area (Å²) in [6.07, 6.45) is 3.82. The highest BCUT2D eigenvalue weighted by atomic mass is 16.3. The largest absolute Gasteiger partial charge is 0.493 e. The minimum Gasteiger partial charge on any atom is -0.493 e.